The number of aliphatic carboxylic acids is 2. The summed E-state index contributed by atoms with van der Waals surface area (Å²) in [6, 6.07) is 0. The van der Waals surface area contributed by atoms with Crippen molar-refractivity contribution >= 4 is 11.9 Å². The van der Waals surface area contributed by atoms with Crippen LogP contribution in [0.2, 0.25) is 0 Å². The minimum absolute atomic E-state index is 0.203. The van der Waals surface area contributed by atoms with E-state index >= 15 is 0 Å². The summed E-state index contributed by atoms with van der Waals surface area (Å²) in [5.41, 5.74) is -0.203. The third kappa shape index (κ3) is 6.03. The number of carboxylic acids is 2. The Labute approximate surface area is 109 Å². The van der Waals surface area contributed by atoms with E-state index in [2.05, 4.69) is 20.8 Å². The summed E-state index contributed by atoms with van der Waals surface area (Å²) in [5.74, 6) is -3.30. The van der Waals surface area contributed by atoms with Crippen LogP contribution >= 0.6 is 0 Å². The van der Waals surface area contributed by atoms with Gasteiger partial charge >= 0.3 is 11.9 Å². The Hall–Kier alpha value is -1.06. The van der Waals surface area contributed by atoms with Gasteiger partial charge < -0.3 is 10.2 Å². The Morgan fingerprint density at radius 2 is 1.61 bits per heavy atom. The van der Waals surface area contributed by atoms with Crippen LogP contribution in [0.15, 0.2) is 0 Å². The summed E-state index contributed by atoms with van der Waals surface area (Å²) >= 11 is 0. The molecule has 1 unspecified atom stereocenters. The Morgan fingerprint density at radius 3 is 1.94 bits per heavy atom. The largest absolute Gasteiger partial charge is 0.481 e. The van der Waals surface area contributed by atoms with Crippen LogP contribution in [-0.2, 0) is 9.59 Å². The molecule has 0 amide bonds. The van der Waals surface area contributed by atoms with Gasteiger partial charge in [-0.2, -0.15) is 0 Å². The highest BCUT2D eigenvalue weighted by atomic mass is 16.4. The van der Waals surface area contributed by atoms with Gasteiger partial charge in [0.25, 0.3) is 0 Å². The normalized spacial score (nSPS) is 14.8. The average molecular weight is 258 g/mol. The zero-order valence-corrected chi connectivity index (χ0v) is 11.9. The van der Waals surface area contributed by atoms with E-state index in [1.165, 1.54) is 0 Å². The fraction of sp³-hybridized carbons (Fsp3) is 0.857. The average Bonchev–Trinajstić information content (AvgIpc) is 2.21. The number of hydrogen-bond donors (Lipinski definition) is 2. The molecule has 0 aromatic heterocycles. The molecular weight excluding hydrogens is 232 g/mol. The van der Waals surface area contributed by atoms with E-state index in [1.54, 1.807) is 0 Å². The van der Waals surface area contributed by atoms with E-state index < -0.39 is 17.9 Å². The molecule has 4 heteroatoms. The van der Waals surface area contributed by atoms with E-state index in [0.717, 1.165) is 25.7 Å². The highest BCUT2D eigenvalue weighted by Gasteiger charge is 2.35. The maximum absolute atomic E-state index is 11.0. The highest BCUT2D eigenvalue weighted by Crippen LogP contribution is 2.38. The fourth-order valence-electron chi connectivity index (χ4n) is 2.65. The van der Waals surface area contributed by atoms with Gasteiger partial charge in [0.15, 0.2) is 5.92 Å². The van der Waals surface area contributed by atoms with E-state index in [1.807, 2.05) is 6.92 Å². The first-order valence-corrected chi connectivity index (χ1v) is 6.67. The Bertz CT molecular complexity index is 272. The second-order valence-electron chi connectivity index (χ2n) is 5.95. The lowest BCUT2D eigenvalue weighted by Crippen LogP contribution is -2.31. The van der Waals surface area contributed by atoms with Gasteiger partial charge in [0.2, 0.25) is 0 Å². The molecule has 0 rings (SSSR count). The summed E-state index contributed by atoms with van der Waals surface area (Å²) in [5, 5.41) is 18.0. The van der Waals surface area contributed by atoms with Crippen molar-refractivity contribution in [2.75, 3.05) is 0 Å². The lowest BCUT2D eigenvalue weighted by molar-refractivity contribution is -0.156. The fourth-order valence-corrected chi connectivity index (χ4v) is 2.65. The van der Waals surface area contributed by atoms with Crippen molar-refractivity contribution in [3.05, 3.63) is 0 Å². The molecule has 18 heavy (non-hydrogen) atoms. The monoisotopic (exact) mass is 258 g/mol. The first-order chi connectivity index (χ1) is 8.22. The Morgan fingerprint density at radius 1 is 1.11 bits per heavy atom. The van der Waals surface area contributed by atoms with Gasteiger partial charge in [-0.25, -0.2) is 0 Å². The zero-order valence-electron chi connectivity index (χ0n) is 11.9. The number of unbranched alkanes of at least 4 members (excludes halogenated alkanes) is 1. The van der Waals surface area contributed by atoms with Crippen LogP contribution in [0.3, 0.4) is 0 Å². The van der Waals surface area contributed by atoms with Gasteiger partial charge in [-0.15, -0.1) is 0 Å². The topological polar surface area (TPSA) is 74.6 Å². The Balaban J connectivity index is 4.84. The second-order valence-corrected chi connectivity index (χ2v) is 5.95. The Kier molecular flexibility index (Phi) is 6.96. The molecule has 4 nitrogen and oxygen atoms in total. The van der Waals surface area contributed by atoms with E-state index in [0.29, 0.717) is 5.92 Å². The molecular formula is C14H26O4. The summed E-state index contributed by atoms with van der Waals surface area (Å²) in [6.45, 7) is 8.27. The van der Waals surface area contributed by atoms with Gasteiger partial charge in [0.05, 0.1) is 0 Å². The standard InChI is InChI=1S/C14H26O4/c1-5-6-7-14(4,8-10(2)3)9-11(12(15)16)13(17)18/h10-11H,5-9H2,1-4H3,(H,15,16)(H,17,18). The molecule has 0 radical (unpaired) electrons. The van der Waals surface area contributed by atoms with Crippen LogP contribution in [0.25, 0.3) is 0 Å². The van der Waals surface area contributed by atoms with Crippen LogP contribution in [0.5, 0.6) is 0 Å². The number of rotatable bonds is 9. The van der Waals surface area contributed by atoms with Crippen LogP contribution < -0.4 is 0 Å². The predicted molar refractivity (Wildman–Crippen MR) is 70.5 cm³/mol. The predicted octanol–water partition coefficient (Wildman–Crippen LogP) is 3.40. The number of carbonyl (C=O) groups is 2. The van der Waals surface area contributed by atoms with Crippen LogP contribution in [0.4, 0.5) is 0 Å². The molecule has 0 spiro atoms. The van der Waals surface area contributed by atoms with Crippen molar-refractivity contribution in [1.29, 1.82) is 0 Å². The van der Waals surface area contributed by atoms with Crippen molar-refractivity contribution in [3.8, 4) is 0 Å². The molecule has 0 aromatic rings. The summed E-state index contributed by atoms with van der Waals surface area (Å²) < 4.78 is 0. The third-order valence-electron chi connectivity index (χ3n) is 3.33. The van der Waals surface area contributed by atoms with Gasteiger partial charge in [-0.1, -0.05) is 40.5 Å². The van der Waals surface area contributed by atoms with Gasteiger partial charge in [-0.05, 0) is 30.6 Å². The van der Waals surface area contributed by atoms with E-state index in [9.17, 15) is 9.59 Å². The van der Waals surface area contributed by atoms with Crippen molar-refractivity contribution in [2.24, 2.45) is 17.3 Å². The summed E-state index contributed by atoms with van der Waals surface area (Å²) in [6.07, 6.45) is 4.02. The third-order valence-corrected chi connectivity index (χ3v) is 3.33. The van der Waals surface area contributed by atoms with Crippen LogP contribution in [-0.4, -0.2) is 22.2 Å². The van der Waals surface area contributed by atoms with Gasteiger partial charge in [0, 0.05) is 0 Å². The lowest BCUT2D eigenvalue weighted by Gasteiger charge is -2.33. The first kappa shape index (κ1) is 16.9. The minimum atomic E-state index is -1.29. The molecule has 0 aromatic carbocycles. The maximum Gasteiger partial charge on any atom is 0.317 e. The molecule has 0 aliphatic heterocycles. The van der Waals surface area contributed by atoms with Crippen molar-refractivity contribution in [2.45, 2.75) is 59.8 Å². The quantitative estimate of drug-likeness (QED) is 0.621. The van der Waals surface area contributed by atoms with Crippen LogP contribution in [0, 0.1) is 17.3 Å². The molecule has 0 fully saturated rings. The summed E-state index contributed by atoms with van der Waals surface area (Å²) in [4.78, 5) is 22.0. The smallest absolute Gasteiger partial charge is 0.317 e. The van der Waals surface area contributed by atoms with Crippen molar-refractivity contribution < 1.29 is 19.8 Å². The molecule has 2 N–H and O–H groups in total. The van der Waals surface area contributed by atoms with Crippen molar-refractivity contribution in [1.82, 2.24) is 0 Å². The number of carboxylic acid groups (broad SMARTS) is 2. The maximum atomic E-state index is 11.0. The molecule has 1 atom stereocenters. The van der Waals surface area contributed by atoms with Crippen molar-refractivity contribution in [3.63, 3.8) is 0 Å². The van der Waals surface area contributed by atoms with Gasteiger partial charge in [-0.3, -0.25) is 9.59 Å². The summed E-state index contributed by atoms with van der Waals surface area (Å²) in [7, 11) is 0. The SMILES string of the molecule is CCCCC(C)(CC(C)C)CC(C(=O)O)C(=O)O. The molecule has 0 aliphatic rings. The first-order valence-electron chi connectivity index (χ1n) is 6.67. The molecule has 0 aliphatic carbocycles. The highest BCUT2D eigenvalue weighted by molar-refractivity contribution is 5.92. The molecule has 0 heterocycles. The molecule has 0 saturated heterocycles. The number of hydrogen-bond acceptors (Lipinski definition) is 2. The second kappa shape index (κ2) is 7.39. The minimum Gasteiger partial charge on any atom is -0.481 e. The zero-order chi connectivity index (χ0) is 14.3. The van der Waals surface area contributed by atoms with Gasteiger partial charge in [0.1, 0.15) is 0 Å². The van der Waals surface area contributed by atoms with E-state index in [4.69, 9.17) is 10.2 Å². The molecule has 106 valence electrons. The molecule has 0 saturated carbocycles. The van der Waals surface area contributed by atoms with E-state index in [-0.39, 0.29) is 11.8 Å². The molecule has 0 bridgehead atoms. The lowest BCUT2D eigenvalue weighted by atomic mass is 9.72. The van der Waals surface area contributed by atoms with Crippen LogP contribution in [0.1, 0.15) is 59.8 Å².